The van der Waals surface area contributed by atoms with E-state index < -0.39 is 16.1 Å². The summed E-state index contributed by atoms with van der Waals surface area (Å²) in [5.41, 5.74) is 1.11. The zero-order chi connectivity index (χ0) is 23.3. The van der Waals surface area contributed by atoms with Crippen LogP contribution in [0, 0.1) is 6.92 Å². The maximum atomic E-state index is 12.9. The Morgan fingerprint density at radius 3 is 2.56 bits per heavy atom. The van der Waals surface area contributed by atoms with Gasteiger partial charge >= 0.3 is 0 Å². The first-order chi connectivity index (χ1) is 15.2. The van der Waals surface area contributed by atoms with Crippen molar-refractivity contribution in [3.05, 3.63) is 71.2 Å². The van der Waals surface area contributed by atoms with Gasteiger partial charge in [-0.1, -0.05) is 61.0 Å². The average molecular weight is 475 g/mol. The van der Waals surface area contributed by atoms with Gasteiger partial charge in [0.05, 0.1) is 18.5 Å². The first-order valence-electron chi connectivity index (χ1n) is 10.4. The zero-order valence-electron chi connectivity index (χ0n) is 18.3. The molecule has 3 aromatic rings. The maximum Gasteiger partial charge on any atom is 0.244 e. The van der Waals surface area contributed by atoms with Crippen molar-refractivity contribution in [2.75, 3.05) is 23.7 Å². The van der Waals surface area contributed by atoms with Crippen LogP contribution >= 0.6 is 11.6 Å². The van der Waals surface area contributed by atoms with E-state index >= 15 is 0 Å². The van der Waals surface area contributed by atoms with Crippen molar-refractivity contribution < 1.29 is 17.9 Å². The number of benzene rings is 3. The molecule has 8 heteroatoms. The highest BCUT2D eigenvalue weighted by Crippen LogP contribution is 2.29. The van der Waals surface area contributed by atoms with Gasteiger partial charge in [0.15, 0.2) is 0 Å². The Balaban J connectivity index is 1.71. The molecule has 3 rings (SSSR count). The number of amides is 1. The number of carbonyl (C=O) groups is 1. The molecule has 0 radical (unpaired) electrons. The summed E-state index contributed by atoms with van der Waals surface area (Å²) in [5.74, 6) is 0.343. The molecule has 0 heterocycles. The quantitative estimate of drug-likeness (QED) is 0.462. The van der Waals surface area contributed by atoms with E-state index in [1.807, 2.05) is 42.5 Å². The van der Waals surface area contributed by atoms with Gasteiger partial charge in [-0.15, -0.1) is 0 Å². The molecule has 0 saturated heterocycles. The van der Waals surface area contributed by atoms with Crippen LogP contribution in [-0.2, 0) is 14.8 Å². The second-order valence-corrected chi connectivity index (χ2v) is 9.83. The predicted octanol–water partition coefficient (Wildman–Crippen LogP) is 4.54. The van der Waals surface area contributed by atoms with Crippen molar-refractivity contribution in [1.29, 1.82) is 0 Å². The van der Waals surface area contributed by atoms with Crippen LogP contribution < -0.4 is 14.4 Å². The summed E-state index contributed by atoms with van der Waals surface area (Å²) in [6, 6.07) is 17.8. The lowest BCUT2D eigenvalue weighted by atomic mass is 10.1. The summed E-state index contributed by atoms with van der Waals surface area (Å²) in [4.78, 5) is 12.9. The van der Waals surface area contributed by atoms with E-state index in [0.29, 0.717) is 22.7 Å². The number of rotatable bonds is 9. The van der Waals surface area contributed by atoms with Crippen LogP contribution in [0.1, 0.15) is 18.9 Å². The Morgan fingerprint density at radius 1 is 1.12 bits per heavy atom. The zero-order valence-corrected chi connectivity index (χ0v) is 19.9. The fourth-order valence-corrected chi connectivity index (χ4v) is 5.06. The topological polar surface area (TPSA) is 75.7 Å². The van der Waals surface area contributed by atoms with Gasteiger partial charge in [0, 0.05) is 10.4 Å². The molecular formula is C24H27ClN2O4S. The van der Waals surface area contributed by atoms with E-state index in [1.54, 1.807) is 32.0 Å². The Morgan fingerprint density at radius 2 is 1.84 bits per heavy atom. The van der Waals surface area contributed by atoms with Gasteiger partial charge in [-0.2, -0.15) is 0 Å². The molecule has 0 aliphatic rings. The first kappa shape index (κ1) is 23.9. The summed E-state index contributed by atoms with van der Waals surface area (Å²) in [6.45, 7) is 4.05. The van der Waals surface area contributed by atoms with Crippen molar-refractivity contribution in [3.63, 3.8) is 0 Å². The number of ether oxygens (including phenoxy) is 1. The minimum Gasteiger partial charge on any atom is -0.491 e. The predicted molar refractivity (Wildman–Crippen MR) is 130 cm³/mol. The van der Waals surface area contributed by atoms with Crippen molar-refractivity contribution in [2.45, 2.75) is 26.3 Å². The number of nitrogens with one attached hydrogen (secondary N) is 1. The van der Waals surface area contributed by atoms with Crippen LogP contribution in [-0.4, -0.2) is 39.8 Å². The third-order valence-electron chi connectivity index (χ3n) is 5.15. The van der Waals surface area contributed by atoms with Crippen LogP contribution in [0.4, 0.5) is 5.69 Å². The molecule has 0 spiro atoms. The van der Waals surface area contributed by atoms with Crippen molar-refractivity contribution in [2.24, 2.45) is 0 Å². The second kappa shape index (κ2) is 10.2. The van der Waals surface area contributed by atoms with Crippen molar-refractivity contribution in [3.8, 4) is 5.75 Å². The fraction of sp³-hybridized carbons (Fsp3) is 0.292. The summed E-state index contributed by atoms with van der Waals surface area (Å²) in [6.07, 6.45) is 1.39. The van der Waals surface area contributed by atoms with Crippen LogP contribution in [0.2, 0.25) is 5.02 Å². The van der Waals surface area contributed by atoms with Crippen molar-refractivity contribution >= 4 is 44.0 Å². The van der Waals surface area contributed by atoms with E-state index in [1.165, 1.54) is 0 Å². The molecule has 0 unspecified atom stereocenters. The highest BCUT2D eigenvalue weighted by Gasteiger charge is 2.32. The molecule has 0 aliphatic heterocycles. The van der Waals surface area contributed by atoms with E-state index in [4.69, 9.17) is 16.3 Å². The van der Waals surface area contributed by atoms with Gasteiger partial charge in [0.2, 0.25) is 15.9 Å². The molecule has 0 saturated carbocycles. The maximum absolute atomic E-state index is 12.9. The van der Waals surface area contributed by atoms with E-state index in [-0.39, 0.29) is 19.1 Å². The smallest absolute Gasteiger partial charge is 0.244 e. The van der Waals surface area contributed by atoms with Crippen LogP contribution in [0.3, 0.4) is 0 Å². The fourth-order valence-electron chi connectivity index (χ4n) is 3.63. The van der Waals surface area contributed by atoms with Gasteiger partial charge in [0.25, 0.3) is 0 Å². The summed E-state index contributed by atoms with van der Waals surface area (Å²) < 4.78 is 32.2. The third kappa shape index (κ3) is 5.53. The number of hydrogen-bond donors (Lipinski definition) is 1. The van der Waals surface area contributed by atoms with E-state index in [0.717, 1.165) is 27.1 Å². The Labute approximate surface area is 194 Å². The number of nitrogens with zero attached hydrogens (tertiary/aromatic N) is 1. The molecule has 1 N–H and O–H groups in total. The summed E-state index contributed by atoms with van der Waals surface area (Å²) in [7, 11) is -3.73. The van der Waals surface area contributed by atoms with Gasteiger partial charge in [0.1, 0.15) is 18.4 Å². The summed E-state index contributed by atoms with van der Waals surface area (Å²) in [5, 5.41) is 5.27. The molecule has 0 aromatic heterocycles. The lowest BCUT2D eigenvalue weighted by Gasteiger charge is -2.31. The SMILES string of the molecule is CC[C@@H](C(=O)NCCOc1cccc2ccccc12)N(c1cc(Cl)ccc1C)S(C)(=O)=O. The highest BCUT2D eigenvalue weighted by molar-refractivity contribution is 7.92. The Kier molecular flexibility index (Phi) is 7.64. The average Bonchev–Trinajstić information content (AvgIpc) is 2.76. The minimum atomic E-state index is -3.73. The van der Waals surface area contributed by atoms with Gasteiger partial charge < -0.3 is 10.1 Å². The normalized spacial score (nSPS) is 12.4. The molecule has 0 bridgehead atoms. The van der Waals surface area contributed by atoms with Crippen LogP contribution in [0.15, 0.2) is 60.7 Å². The number of carbonyl (C=O) groups excluding carboxylic acids is 1. The minimum absolute atomic E-state index is 0.241. The number of anilines is 1. The number of halogens is 1. The first-order valence-corrected chi connectivity index (χ1v) is 12.6. The van der Waals surface area contributed by atoms with Crippen LogP contribution in [0.25, 0.3) is 10.8 Å². The largest absolute Gasteiger partial charge is 0.491 e. The third-order valence-corrected chi connectivity index (χ3v) is 6.55. The number of fused-ring (bicyclic) bond motifs is 1. The molecule has 0 aliphatic carbocycles. The molecule has 6 nitrogen and oxygen atoms in total. The second-order valence-electron chi connectivity index (χ2n) is 7.53. The molecule has 3 aromatic carbocycles. The van der Waals surface area contributed by atoms with Gasteiger partial charge in [-0.3, -0.25) is 9.10 Å². The lowest BCUT2D eigenvalue weighted by molar-refractivity contribution is -0.122. The monoisotopic (exact) mass is 474 g/mol. The molecule has 0 fully saturated rings. The number of aryl methyl sites for hydroxylation is 1. The summed E-state index contributed by atoms with van der Waals surface area (Å²) >= 11 is 6.10. The van der Waals surface area contributed by atoms with Crippen molar-refractivity contribution in [1.82, 2.24) is 5.32 Å². The van der Waals surface area contributed by atoms with Gasteiger partial charge in [-0.25, -0.2) is 8.42 Å². The molecule has 1 amide bonds. The Bertz CT molecular complexity index is 1210. The number of hydrogen-bond acceptors (Lipinski definition) is 4. The lowest BCUT2D eigenvalue weighted by Crippen LogP contribution is -2.50. The molecule has 1 atom stereocenters. The van der Waals surface area contributed by atoms with Crippen LogP contribution in [0.5, 0.6) is 5.75 Å². The van der Waals surface area contributed by atoms with E-state index in [9.17, 15) is 13.2 Å². The Hall–Kier alpha value is -2.77. The standard InChI is InChI=1S/C24H27ClN2O4S/c1-4-21(27(32(3,29)30)22-16-19(25)13-12-17(22)2)24(28)26-14-15-31-23-11-7-9-18-8-5-6-10-20(18)23/h5-13,16,21H,4,14-15H2,1-3H3,(H,26,28)/t21-/m0/s1. The molecule has 32 heavy (non-hydrogen) atoms. The number of sulfonamides is 1. The van der Waals surface area contributed by atoms with Gasteiger partial charge in [-0.05, 0) is 42.5 Å². The highest BCUT2D eigenvalue weighted by atomic mass is 35.5. The molecular weight excluding hydrogens is 448 g/mol. The molecule has 170 valence electrons. The van der Waals surface area contributed by atoms with E-state index in [2.05, 4.69) is 5.32 Å².